The topological polar surface area (TPSA) is 30.7 Å². The van der Waals surface area contributed by atoms with Gasteiger partial charge in [-0.2, -0.15) is 0 Å². The number of nitrogens with zero attached hydrogens (tertiary/aromatic N) is 3. The molecule has 0 saturated heterocycles. The van der Waals surface area contributed by atoms with Crippen molar-refractivity contribution in [2.45, 2.75) is 12.1 Å². The van der Waals surface area contributed by atoms with Crippen molar-refractivity contribution >= 4 is 71.4 Å². The van der Waals surface area contributed by atoms with Crippen LogP contribution in [0.3, 0.4) is 0 Å². The fourth-order valence-electron chi connectivity index (χ4n) is 9.44. The Morgan fingerprint density at radius 2 is 1.30 bits per heavy atom. The summed E-state index contributed by atoms with van der Waals surface area (Å²) in [6.07, 6.45) is 0.527. The van der Waals surface area contributed by atoms with Crippen molar-refractivity contribution in [1.29, 1.82) is 0 Å². The highest BCUT2D eigenvalue weighted by Crippen LogP contribution is 2.42. The molecule has 0 fully saturated rings. The summed E-state index contributed by atoms with van der Waals surface area (Å²) >= 11 is 1.84. The predicted octanol–water partition coefficient (Wildman–Crippen LogP) is 9.93. The highest BCUT2D eigenvalue weighted by molar-refractivity contribution is 7.26. The Morgan fingerprint density at radius 1 is 0.596 bits per heavy atom. The number of rotatable bonds is 6. The highest BCUT2D eigenvalue weighted by Gasteiger charge is 2.50. The number of hydrogen-bond acceptors (Lipinski definition) is 3. The Balaban J connectivity index is 1.18. The van der Waals surface area contributed by atoms with E-state index in [2.05, 4.69) is 132 Å². The first-order chi connectivity index (χ1) is 28.1. The van der Waals surface area contributed by atoms with Crippen LogP contribution in [0.2, 0.25) is 0 Å². The van der Waals surface area contributed by atoms with Gasteiger partial charge in [0, 0.05) is 39.0 Å². The van der Waals surface area contributed by atoms with Crippen LogP contribution in [-0.4, -0.2) is 22.6 Å². The van der Waals surface area contributed by atoms with Gasteiger partial charge in [-0.25, -0.2) is 9.37 Å². The number of hydrogen-bond donors (Lipinski definition) is 0. The molecule has 6 heteroatoms. The largest absolute Gasteiger partial charge is 0.327 e. The van der Waals surface area contributed by atoms with Crippen LogP contribution >= 0.6 is 11.3 Å². The third-order valence-electron chi connectivity index (χ3n) is 12.0. The van der Waals surface area contributed by atoms with Crippen molar-refractivity contribution in [3.05, 3.63) is 216 Å². The van der Waals surface area contributed by atoms with Crippen molar-refractivity contribution in [3.8, 4) is 11.4 Å². The van der Waals surface area contributed by atoms with Crippen LogP contribution in [0.1, 0.15) is 40.0 Å². The fourth-order valence-corrected chi connectivity index (χ4v) is 15.8. The lowest BCUT2D eigenvalue weighted by molar-refractivity contribution is 0.402. The number of pyridine rings is 1. The van der Waals surface area contributed by atoms with E-state index in [1.807, 2.05) is 79.2 Å². The molecule has 4 heterocycles. The number of fused-ring (bicyclic) bond motifs is 6. The van der Waals surface area contributed by atoms with Gasteiger partial charge in [0.15, 0.2) is 14.2 Å². The van der Waals surface area contributed by atoms with E-state index < -0.39 is 14.2 Å². The maximum absolute atomic E-state index is 17.4. The van der Waals surface area contributed by atoms with E-state index in [0.717, 1.165) is 33.7 Å². The first-order valence-corrected chi connectivity index (χ1v) is 22.2. The van der Waals surface area contributed by atoms with E-state index >= 15 is 4.39 Å². The summed E-state index contributed by atoms with van der Waals surface area (Å²) in [7, 11) is -0.979. The van der Waals surface area contributed by atoms with Crippen molar-refractivity contribution < 1.29 is 4.39 Å². The zero-order chi connectivity index (χ0) is 38.1. The summed E-state index contributed by atoms with van der Waals surface area (Å²) in [6, 6.07) is 64.3. The van der Waals surface area contributed by atoms with Gasteiger partial charge >= 0.3 is 0 Å². The van der Waals surface area contributed by atoms with Gasteiger partial charge in [-0.05, 0) is 85.5 Å². The third kappa shape index (κ3) is 5.21. The molecule has 0 amide bonds. The lowest BCUT2D eigenvalue weighted by Gasteiger charge is -2.43. The minimum Gasteiger partial charge on any atom is -0.327 e. The van der Waals surface area contributed by atoms with Crippen LogP contribution in [0.15, 0.2) is 188 Å². The van der Waals surface area contributed by atoms with Crippen LogP contribution < -0.4 is 20.7 Å². The molecule has 272 valence electrons. The zero-order valence-corrected chi connectivity index (χ0v) is 33.0. The summed E-state index contributed by atoms with van der Waals surface area (Å²) < 4.78 is 22.0. The van der Waals surface area contributed by atoms with E-state index in [1.54, 1.807) is 0 Å². The quantitative estimate of drug-likeness (QED) is 0.158. The minimum atomic E-state index is -3.00. The molecule has 3 nitrogen and oxygen atoms in total. The number of imidazole rings is 1. The van der Waals surface area contributed by atoms with Crippen molar-refractivity contribution in [3.63, 3.8) is 0 Å². The number of para-hydroxylation sites is 2. The van der Waals surface area contributed by atoms with Crippen LogP contribution in [0.5, 0.6) is 0 Å². The Bertz CT molecular complexity index is 3080. The molecule has 2 atom stereocenters. The number of alkyl halides is 1. The standard InChI is InChI=1S/C51H36FN3SSi/c1-55-44-24-10-9-22-42(44)54-51(55)35-16-14-15-33(29-35)50(52)34-26-27-47-40(30-34)49(43-23-12-13-28-53-43)41-31-46-39(38-21-8-11-25-45(38)56-46)32-48(41)57(47,36-17-4-2-5-18-36)37-19-6-3-7-20-37/h2-32,49-50H,1H3. The second-order valence-electron chi connectivity index (χ2n) is 15.0. The Morgan fingerprint density at radius 3 is 2.07 bits per heavy atom. The van der Waals surface area contributed by atoms with E-state index in [9.17, 15) is 0 Å². The van der Waals surface area contributed by atoms with Gasteiger partial charge < -0.3 is 4.57 Å². The SMILES string of the molecule is Cn1c(-c2cccc(C(F)c3ccc4c(c3)C(c3ccccn3)c3cc5sc6ccccc6c5cc3[Si]4(c3ccccc3)c3ccccc3)c2)nc2ccccc21. The van der Waals surface area contributed by atoms with Crippen LogP contribution in [0.4, 0.5) is 4.39 Å². The molecule has 1 aliphatic rings. The monoisotopic (exact) mass is 769 g/mol. The molecule has 0 saturated carbocycles. The summed E-state index contributed by atoms with van der Waals surface area (Å²) in [5.41, 5.74) is 7.41. The lowest BCUT2D eigenvalue weighted by atomic mass is 9.85. The normalized spacial score (nSPS) is 15.1. The predicted molar refractivity (Wildman–Crippen MR) is 237 cm³/mol. The molecule has 10 aromatic rings. The van der Waals surface area contributed by atoms with Gasteiger partial charge in [0.25, 0.3) is 0 Å². The molecule has 11 rings (SSSR count). The molecule has 0 radical (unpaired) electrons. The molecule has 2 unspecified atom stereocenters. The van der Waals surface area contributed by atoms with Gasteiger partial charge in [-0.1, -0.05) is 140 Å². The summed E-state index contributed by atoms with van der Waals surface area (Å²) in [4.78, 5) is 9.96. The number of aryl methyl sites for hydroxylation is 1. The molecular weight excluding hydrogens is 734 g/mol. The Labute approximate surface area is 335 Å². The van der Waals surface area contributed by atoms with Crippen molar-refractivity contribution in [1.82, 2.24) is 14.5 Å². The van der Waals surface area contributed by atoms with E-state index in [-0.39, 0.29) is 5.92 Å². The van der Waals surface area contributed by atoms with Crippen LogP contribution in [0, 0.1) is 0 Å². The number of thiophene rings is 1. The average molecular weight is 770 g/mol. The fraction of sp³-hybridized carbons (Fsp3) is 0.0588. The van der Waals surface area contributed by atoms with Crippen molar-refractivity contribution in [2.24, 2.45) is 7.05 Å². The lowest BCUT2D eigenvalue weighted by Crippen LogP contribution is -2.77. The minimum absolute atomic E-state index is 0.197. The molecule has 7 aromatic carbocycles. The van der Waals surface area contributed by atoms with Gasteiger partial charge in [-0.15, -0.1) is 11.3 Å². The van der Waals surface area contributed by atoms with Gasteiger partial charge in [0.1, 0.15) is 5.82 Å². The summed E-state index contributed by atoms with van der Waals surface area (Å²) in [5.74, 6) is 0.619. The molecule has 0 spiro atoms. The number of aromatic nitrogens is 3. The number of halogens is 1. The van der Waals surface area contributed by atoms with Crippen LogP contribution in [-0.2, 0) is 7.05 Å². The maximum atomic E-state index is 17.4. The Hall–Kier alpha value is -6.47. The smallest absolute Gasteiger partial charge is 0.180 e. The number of benzene rings is 7. The highest BCUT2D eigenvalue weighted by atomic mass is 32.1. The molecule has 3 aromatic heterocycles. The molecule has 0 N–H and O–H groups in total. The molecule has 0 bridgehead atoms. The summed E-state index contributed by atoms with van der Waals surface area (Å²) in [5, 5.41) is 7.79. The second kappa shape index (κ2) is 13.3. The van der Waals surface area contributed by atoms with Gasteiger partial charge in [-0.3, -0.25) is 4.98 Å². The molecule has 57 heavy (non-hydrogen) atoms. The first kappa shape index (κ1) is 33.8. The van der Waals surface area contributed by atoms with E-state index in [4.69, 9.17) is 9.97 Å². The maximum Gasteiger partial charge on any atom is 0.180 e. The first-order valence-electron chi connectivity index (χ1n) is 19.4. The third-order valence-corrected chi connectivity index (χ3v) is 18.0. The van der Waals surface area contributed by atoms with E-state index in [0.29, 0.717) is 11.1 Å². The second-order valence-corrected chi connectivity index (χ2v) is 19.8. The average Bonchev–Trinajstić information content (AvgIpc) is 3.82. The van der Waals surface area contributed by atoms with Gasteiger partial charge in [0.05, 0.1) is 22.6 Å². The zero-order valence-electron chi connectivity index (χ0n) is 31.2. The molecule has 1 aliphatic heterocycles. The van der Waals surface area contributed by atoms with Crippen LogP contribution in [0.25, 0.3) is 42.6 Å². The Kier molecular flexibility index (Phi) is 7.91. The molecular formula is C51H36FN3SSi. The molecule has 0 aliphatic carbocycles. The van der Waals surface area contributed by atoms with Crippen molar-refractivity contribution in [2.75, 3.05) is 0 Å². The van der Waals surface area contributed by atoms with Gasteiger partial charge in [0.2, 0.25) is 0 Å². The van der Waals surface area contributed by atoms with E-state index in [1.165, 1.54) is 46.5 Å². The summed E-state index contributed by atoms with van der Waals surface area (Å²) in [6.45, 7) is 0.